The highest BCUT2D eigenvalue weighted by Gasteiger charge is 2.51. The molecule has 0 N–H and O–H groups in total. The highest BCUT2D eigenvalue weighted by Crippen LogP contribution is 2.39. The van der Waals surface area contributed by atoms with Crippen LogP contribution in [0.4, 0.5) is 13.2 Å². The van der Waals surface area contributed by atoms with E-state index in [9.17, 15) is 18.0 Å². The number of benzene rings is 2. The van der Waals surface area contributed by atoms with Gasteiger partial charge in [0, 0.05) is 22.6 Å². The van der Waals surface area contributed by atoms with Crippen molar-refractivity contribution in [3.8, 4) is 28.8 Å². The van der Waals surface area contributed by atoms with Crippen LogP contribution in [0, 0.1) is 5.41 Å². The molecule has 0 aliphatic heterocycles. The minimum atomic E-state index is -4.62. The van der Waals surface area contributed by atoms with Crippen molar-refractivity contribution in [2.45, 2.75) is 52.6 Å². The number of nitrogens with zero attached hydrogens (tertiary/aromatic N) is 3. The molecule has 0 bridgehead atoms. The molecular weight excluding hydrogens is 514 g/mol. The zero-order chi connectivity index (χ0) is 26.8. The lowest BCUT2D eigenvalue weighted by atomic mass is 9.84. The standard InChI is InChI=1S/C26H26Cl2F3N3O2/c1-14(2)17-13-16(8-10-19(17)27)22-32-23(34-24(33-22)36-5)18-12-15(6-9-20(18)28)7-11-21(35)25(3,4)26(29,30)31/h6,8-10,12-14H,7,11H2,1-5H3. The number of halogens is 5. The van der Waals surface area contributed by atoms with Crippen LogP contribution >= 0.6 is 23.2 Å². The average Bonchev–Trinajstić information content (AvgIpc) is 2.82. The summed E-state index contributed by atoms with van der Waals surface area (Å²) < 4.78 is 44.9. The van der Waals surface area contributed by atoms with Crippen LogP contribution in [0.3, 0.4) is 0 Å². The van der Waals surface area contributed by atoms with E-state index < -0.39 is 17.4 Å². The van der Waals surface area contributed by atoms with Crippen molar-refractivity contribution >= 4 is 29.0 Å². The molecular formula is C26H26Cl2F3N3O2. The second-order valence-corrected chi connectivity index (χ2v) is 10.0. The maximum absolute atomic E-state index is 13.2. The van der Waals surface area contributed by atoms with E-state index >= 15 is 0 Å². The number of hydrogen-bond acceptors (Lipinski definition) is 5. The van der Waals surface area contributed by atoms with Crippen LogP contribution in [0.25, 0.3) is 22.8 Å². The van der Waals surface area contributed by atoms with Crippen molar-refractivity contribution in [3.05, 3.63) is 57.6 Å². The van der Waals surface area contributed by atoms with Crippen molar-refractivity contribution in [2.24, 2.45) is 5.41 Å². The number of ketones is 1. The van der Waals surface area contributed by atoms with Gasteiger partial charge in [0.2, 0.25) is 0 Å². The van der Waals surface area contributed by atoms with Gasteiger partial charge in [-0.15, -0.1) is 0 Å². The number of Topliss-reactive ketones (excluding diaryl/α,β-unsaturated/α-hetero) is 1. The first-order valence-electron chi connectivity index (χ1n) is 11.2. The molecule has 0 unspecified atom stereocenters. The molecule has 10 heteroatoms. The highest BCUT2D eigenvalue weighted by atomic mass is 35.5. The fraction of sp³-hybridized carbons (Fsp3) is 0.385. The number of carbonyl (C=O) groups excluding carboxylic acids is 1. The van der Waals surface area contributed by atoms with Crippen LogP contribution < -0.4 is 4.74 Å². The fourth-order valence-corrected chi connectivity index (χ4v) is 3.99. The number of ether oxygens (including phenoxy) is 1. The van der Waals surface area contributed by atoms with Gasteiger partial charge in [0.05, 0.1) is 12.1 Å². The Bertz CT molecular complexity index is 1280. The van der Waals surface area contributed by atoms with Gasteiger partial charge in [0.15, 0.2) is 11.6 Å². The summed E-state index contributed by atoms with van der Waals surface area (Å²) in [5.74, 6) is -0.137. The van der Waals surface area contributed by atoms with Crippen molar-refractivity contribution in [1.29, 1.82) is 0 Å². The van der Waals surface area contributed by atoms with E-state index in [1.165, 1.54) is 7.11 Å². The molecule has 0 atom stereocenters. The van der Waals surface area contributed by atoms with Crippen molar-refractivity contribution in [1.82, 2.24) is 15.0 Å². The minimum Gasteiger partial charge on any atom is -0.467 e. The second kappa shape index (κ2) is 10.7. The van der Waals surface area contributed by atoms with Crippen molar-refractivity contribution in [3.63, 3.8) is 0 Å². The molecule has 0 saturated carbocycles. The first-order valence-corrected chi connectivity index (χ1v) is 12.0. The summed E-state index contributed by atoms with van der Waals surface area (Å²) in [5.41, 5.74) is 0.275. The van der Waals surface area contributed by atoms with Crippen LogP contribution in [0.2, 0.25) is 10.0 Å². The molecule has 1 heterocycles. The first-order chi connectivity index (χ1) is 16.7. The third-order valence-electron chi connectivity index (χ3n) is 5.99. The Hall–Kier alpha value is -2.71. The van der Waals surface area contributed by atoms with E-state index in [0.717, 1.165) is 19.4 Å². The molecule has 0 aliphatic rings. The van der Waals surface area contributed by atoms with E-state index in [2.05, 4.69) is 15.0 Å². The van der Waals surface area contributed by atoms with Crippen LogP contribution in [-0.4, -0.2) is 34.0 Å². The maximum Gasteiger partial charge on any atom is 0.400 e. The third-order valence-corrected chi connectivity index (χ3v) is 6.67. The van der Waals surface area contributed by atoms with E-state index in [1.54, 1.807) is 30.3 Å². The molecule has 3 rings (SSSR count). The number of alkyl halides is 3. The molecule has 192 valence electrons. The van der Waals surface area contributed by atoms with Gasteiger partial charge in [-0.1, -0.05) is 43.1 Å². The molecule has 0 saturated heterocycles. The summed E-state index contributed by atoms with van der Waals surface area (Å²) in [5, 5.41) is 0.966. The molecule has 0 radical (unpaired) electrons. The van der Waals surface area contributed by atoms with Crippen LogP contribution in [-0.2, 0) is 11.2 Å². The monoisotopic (exact) mass is 539 g/mol. The van der Waals surface area contributed by atoms with Crippen LogP contribution in [0.1, 0.15) is 51.2 Å². The Morgan fingerprint density at radius 1 is 0.972 bits per heavy atom. The van der Waals surface area contributed by atoms with Crippen molar-refractivity contribution in [2.75, 3.05) is 7.11 Å². The van der Waals surface area contributed by atoms with Gasteiger partial charge >= 0.3 is 12.2 Å². The number of aryl methyl sites for hydroxylation is 1. The number of rotatable bonds is 8. The predicted octanol–water partition coefficient (Wildman–Crippen LogP) is 7.73. The van der Waals surface area contributed by atoms with Crippen LogP contribution in [0.5, 0.6) is 6.01 Å². The molecule has 0 spiro atoms. The predicted molar refractivity (Wildman–Crippen MR) is 135 cm³/mol. The SMILES string of the molecule is COc1nc(-c2ccc(Cl)c(C(C)C)c2)nc(-c2cc(CCC(=O)C(C)(C)C(F)(F)F)ccc2Cl)n1. The lowest BCUT2D eigenvalue weighted by molar-refractivity contribution is -0.210. The Balaban J connectivity index is 1.97. The smallest absolute Gasteiger partial charge is 0.400 e. The Morgan fingerprint density at radius 3 is 2.22 bits per heavy atom. The summed E-state index contributed by atoms with van der Waals surface area (Å²) >= 11 is 12.8. The molecule has 0 amide bonds. The minimum absolute atomic E-state index is 0.0691. The van der Waals surface area contributed by atoms with Gasteiger partial charge in [-0.25, -0.2) is 4.98 Å². The summed E-state index contributed by atoms with van der Waals surface area (Å²) in [6, 6.07) is 10.5. The fourth-order valence-electron chi connectivity index (χ4n) is 3.45. The Morgan fingerprint density at radius 2 is 1.61 bits per heavy atom. The van der Waals surface area contributed by atoms with Crippen LogP contribution in [0.15, 0.2) is 36.4 Å². The third kappa shape index (κ3) is 5.98. The molecule has 3 aromatic rings. The number of carbonyl (C=O) groups is 1. The number of methoxy groups -OCH3 is 1. The highest BCUT2D eigenvalue weighted by molar-refractivity contribution is 6.33. The van der Waals surface area contributed by atoms with E-state index in [4.69, 9.17) is 27.9 Å². The van der Waals surface area contributed by atoms with Gasteiger partial charge in [-0.2, -0.15) is 23.1 Å². The largest absolute Gasteiger partial charge is 0.467 e. The van der Waals surface area contributed by atoms with E-state index in [0.29, 0.717) is 32.6 Å². The molecule has 0 fully saturated rings. The summed E-state index contributed by atoms with van der Waals surface area (Å²) in [6.07, 6.45) is -4.79. The number of aromatic nitrogens is 3. The Labute approximate surface area is 218 Å². The van der Waals surface area contributed by atoms with Gasteiger partial charge < -0.3 is 4.74 Å². The molecule has 36 heavy (non-hydrogen) atoms. The topological polar surface area (TPSA) is 65.0 Å². The normalized spacial score (nSPS) is 12.2. The zero-order valence-corrected chi connectivity index (χ0v) is 22.0. The molecule has 5 nitrogen and oxygen atoms in total. The van der Waals surface area contributed by atoms with Crippen molar-refractivity contribution < 1.29 is 22.7 Å². The lowest BCUT2D eigenvalue weighted by Crippen LogP contribution is -2.39. The summed E-state index contributed by atoms with van der Waals surface area (Å²) in [4.78, 5) is 25.5. The van der Waals surface area contributed by atoms with E-state index in [1.807, 2.05) is 19.9 Å². The van der Waals surface area contributed by atoms with E-state index in [-0.39, 0.29) is 30.6 Å². The van der Waals surface area contributed by atoms with Gasteiger partial charge in [-0.3, -0.25) is 4.79 Å². The van der Waals surface area contributed by atoms with Gasteiger partial charge in [-0.05, 0) is 67.6 Å². The number of hydrogen-bond donors (Lipinski definition) is 0. The summed E-state index contributed by atoms with van der Waals surface area (Å²) in [6.45, 7) is 5.83. The first kappa shape index (κ1) is 27.9. The average molecular weight is 540 g/mol. The lowest BCUT2D eigenvalue weighted by Gasteiger charge is -2.26. The van der Waals surface area contributed by atoms with Gasteiger partial charge in [0.1, 0.15) is 11.2 Å². The second-order valence-electron chi connectivity index (χ2n) is 9.22. The maximum atomic E-state index is 13.2. The van der Waals surface area contributed by atoms with Gasteiger partial charge in [0.25, 0.3) is 0 Å². The molecule has 0 aliphatic carbocycles. The quantitative estimate of drug-likeness (QED) is 0.293. The zero-order valence-electron chi connectivity index (χ0n) is 20.5. The Kier molecular flexibility index (Phi) is 8.30. The summed E-state index contributed by atoms with van der Waals surface area (Å²) in [7, 11) is 1.43. The molecule has 1 aromatic heterocycles. The molecule has 2 aromatic carbocycles.